The van der Waals surface area contributed by atoms with Gasteiger partial charge in [0.2, 0.25) is 8.32 Å². The summed E-state index contributed by atoms with van der Waals surface area (Å²) < 4.78 is 11.2. The van der Waals surface area contributed by atoms with E-state index in [-0.39, 0.29) is 6.61 Å². The molecule has 0 aromatic heterocycles. The molecule has 1 heterocycles. The van der Waals surface area contributed by atoms with Crippen LogP contribution >= 0.6 is 0 Å². The Bertz CT molecular complexity index is 280. The van der Waals surface area contributed by atoms with Crippen molar-refractivity contribution in [3.05, 3.63) is 0 Å². The molecule has 0 saturated carbocycles. The number of cyclic esters (lactones) is 1. The number of esters is 1. The second-order valence-electron chi connectivity index (χ2n) is 6.05. The Kier molecular flexibility index (Phi) is 4.97. The van der Waals surface area contributed by atoms with Crippen molar-refractivity contribution in [1.82, 2.24) is 0 Å². The lowest BCUT2D eigenvalue weighted by Crippen LogP contribution is -2.52. The molecule has 2 atom stereocenters. The molecule has 1 fully saturated rings. The number of carbonyl (C=O) groups excluding carboxylic acids is 1. The van der Waals surface area contributed by atoms with E-state index >= 15 is 0 Å². The first-order valence-electron chi connectivity index (χ1n) is 6.76. The van der Waals surface area contributed by atoms with E-state index in [9.17, 15) is 9.90 Å². The molecule has 1 rings (SSSR count). The van der Waals surface area contributed by atoms with Gasteiger partial charge in [0.1, 0.15) is 12.7 Å². The average molecular weight is 274 g/mol. The summed E-state index contributed by atoms with van der Waals surface area (Å²) in [4.78, 5) is 11.2. The molecule has 0 aromatic carbocycles. The van der Waals surface area contributed by atoms with Crippen LogP contribution in [-0.2, 0) is 14.0 Å². The number of carbonyl (C=O) groups is 1. The van der Waals surface area contributed by atoms with Gasteiger partial charge in [-0.1, -0.05) is 41.5 Å². The first-order chi connectivity index (χ1) is 8.23. The zero-order chi connectivity index (χ0) is 14.1. The molecule has 18 heavy (non-hydrogen) atoms. The molecule has 106 valence electrons. The van der Waals surface area contributed by atoms with Crippen molar-refractivity contribution in [2.24, 2.45) is 0 Å². The lowest BCUT2D eigenvalue weighted by molar-refractivity contribution is -0.145. The van der Waals surface area contributed by atoms with Crippen LogP contribution in [0.25, 0.3) is 0 Å². The minimum absolute atomic E-state index is 0.181. The highest BCUT2D eigenvalue weighted by Gasteiger charge is 2.50. The molecule has 5 heteroatoms. The van der Waals surface area contributed by atoms with Crippen LogP contribution in [0.15, 0.2) is 0 Å². The lowest BCUT2D eigenvalue weighted by Gasteiger charge is -2.43. The van der Waals surface area contributed by atoms with Gasteiger partial charge in [-0.25, -0.2) is 4.79 Å². The number of rotatable bonds is 5. The molecule has 1 saturated heterocycles. The lowest BCUT2D eigenvalue weighted by atomic mass is 10.3. The Balaban J connectivity index is 2.95. The van der Waals surface area contributed by atoms with Gasteiger partial charge >= 0.3 is 5.97 Å². The van der Waals surface area contributed by atoms with Crippen molar-refractivity contribution in [2.75, 3.05) is 6.61 Å². The molecular weight excluding hydrogens is 248 g/mol. The van der Waals surface area contributed by atoms with E-state index in [1.807, 2.05) is 0 Å². The first-order valence-corrected chi connectivity index (χ1v) is 8.90. The summed E-state index contributed by atoms with van der Waals surface area (Å²) in [6, 6.07) is 0. The smallest absolute Gasteiger partial charge is 0.337 e. The molecule has 1 aliphatic rings. The third kappa shape index (κ3) is 2.63. The zero-order valence-corrected chi connectivity index (χ0v) is 13.3. The van der Waals surface area contributed by atoms with E-state index in [1.54, 1.807) is 0 Å². The highest BCUT2D eigenvalue weighted by atomic mass is 28.4. The van der Waals surface area contributed by atoms with Crippen molar-refractivity contribution < 1.29 is 19.1 Å². The van der Waals surface area contributed by atoms with Gasteiger partial charge in [0.15, 0.2) is 6.10 Å². The Labute approximate surface area is 111 Å². The van der Waals surface area contributed by atoms with Crippen LogP contribution in [0, 0.1) is 0 Å². The van der Waals surface area contributed by atoms with Crippen LogP contribution in [0.1, 0.15) is 41.5 Å². The maximum Gasteiger partial charge on any atom is 0.337 e. The summed E-state index contributed by atoms with van der Waals surface area (Å²) in [5.41, 5.74) is 1.29. The number of hydrogen-bond donors (Lipinski definition) is 1. The van der Waals surface area contributed by atoms with Crippen LogP contribution in [0.3, 0.4) is 0 Å². The molecule has 0 aliphatic carbocycles. The number of hydrogen-bond acceptors (Lipinski definition) is 4. The van der Waals surface area contributed by atoms with Gasteiger partial charge in [-0.05, 0) is 16.6 Å². The van der Waals surface area contributed by atoms with Crippen LogP contribution in [0.2, 0.25) is 16.6 Å². The highest BCUT2D eigenvalue weighted by Crippen LogP contribution is 2.43. The second-order valence-corrected chi connectivity index (χ2v) is 11.5. The molecule has 0 radical (unpaired) electrons. The van der Waals surface area contributed by atoms with E-state index in [0.717, 1.165) is 0 Å². The SMILES string of the molecule is CC(C)[Si](O[C@H]1COC(=O)[C@@H]1O)(C(C)C)C(C)C. The van der Waals surface area contributed by atoms with E-state index in [1.165, 1.54) is 0 Å². The third-order valence-corrected chi connectivity index (χ3v) is 10.2. The summed E-state index contributed by atoms with van der Waals surface area (Å²) in [7, 11) is -2.06. The second kappa shape index (κ2) is 5.71. The van der Waals surface area contributed by atoms with Gasteiger partial charge in [-0.2, -0.15) is 0 Å². The summed E-state index contributed by atoms with van der Waals surface area (Å²) in [6.07, 6.45) is -1.61. The maximum atomic E-state index is 11.2. The maximum absolute atomic E-state index is 11.2. The van der Waals surface area contributed by atoms with Crippen molar-refractivity contribution >= 4 is 14.3 Å². The van der Waals surface area contributed by atoms with Gasteiger partial charge in [-0.3, -0.25) is 0 Å². The molecule has 0 aromatic rings. The molecule has 1 N–H and O–H groups in total. The number of ether oxygens (including phenoxy) is 1. The van der Waals surface area contributed by atoms with Gasteiger partial charge in [0, 0.05) is 0 Å². The summed E-state index contributed by atoms with van der Waals surface area (Å²) in [5.74, 6) is -0.556. The minimum atomic E-state index is -2.06. The van der Waals surface area contributed by atoms with Crippen LogP contribution in [-0.4, -0.2) is 38.2 Å². The number of aliphatic hydroxyl groups is 1. The van der Waals surface area contributed by atoms with Gasteiger partial charge in [-0.15, -0.1) is 0 Å². The molecule has 0 bridgehead atoms. The summed E-state index contributed by atoms with van der Waals surface area (Å²) in [5, 5.41) is 9.79. The summed E-state index contributed by atoms with van der Waals surface area (Å²) >= 11 is 0. The van der Waals surface area contributed by atoms with E-state index < -0.39 is 26.5 Å². The average Bonchev–Trinajstić information content (AvgIpc) is 2.55. The van der Waals surface area contributed by atoms with Crippen molar-refractivity contribution in [3.63, 3.8) is 0 Å². The predicted octanol–water partition coefficient (Wildman–Crippen LogP) is 2.46. The van der Waals surface area contributed by atoms with Crippen molar-refractivity contribution in [3.8, 4) is 0 Å². The quantitative estimate of drug-likeness (QED) is 0.618. The Morgan fingerprint density at radius 3 is 1.89 bits per heavy atom. The monoisotopic (exact) mass is 274 g/mol. The van der Waals surface area contributed by atoms with Gasteiger partial charge < -0.3 is 14.3 Å². The Morgan fingerprint density at radius 1 is 1.17 bits per heavy atom. The van der Waals surface area contributed by atoms with Crippen LogP contribution in [0.4, 0.5) is 0 Å². The largest absolute Gasteiger partial charge is 0.461 e. The van der Waals surface area contributed by atoms with E-state index in [0.29, 0.717) is 16.6 Å². The molecule has 0 amide bonds. The Morgan fingerprint density at radius 2 is 1.61 bits per heavy atom. The molecule has 0 unspecified atom stereocenters. The summed E-state index contributed by atoms with van der Waals surface area (Å²) in [6.45, 7) is 13.2. The van der Waals surface area contributed by atoms with Crippen LogP contribution in [0.5, 0.6) is 0 Å². The van der Waals surface area contributed by atoms with Gasteiger partial charge in [0.25, 0.3) is 0 Å². The molecule has 4 nitrogen and oxygen atoms in total. The van der Waals surface area contributed by atoms with Crippen LogP contribution < -0.4 is 0 Å². The predicted molar refractivity (Wildman–Crippen MR) is 72.9 cm³/mol. The van der Waals surface area contributed by atoms with Crippen molar-refractivity contribution in [2.45, 2.75) is 70.4 Å². The third-order valence-electron chi connectivity index (χ3n) is 4.05. The highest BCUT2D eigenvalue weighted by molar-refractivity contribution is 6.77. The number of aliphatic hydroxyl groups excluding tert-OH is 1. The first kappa shape index (κ1) is 15.7. The molecule has 1 aliphatic heterocycles. The minimum Gasteiger partial charge on any atom is -0.461 e. The molecular formula is C13H26O4Si. The Hall–Kier alpha value is -0.393. The van der Waals surface area contributed by atoms with E-state index in [4.69, 9.17) is 9.16 Å². The zero-order valence-electron chi connectivity index (χ0n) is 12.3. The fourth-order valence-electron chi connectivity index (χ4n) is 3.26. The van der Waals surface area contributed by atoms with E-state index in [2.05, 4.69) is 41.5 Å². The van der Waals surface area contributed by atoms with Gasteiger partial charge in [0.05, 0.1) is 0 Å². The fraction of sp³-hybridized carbons (Fsp3) is 0.923. The van der Waals surface area contributed by atoms with Crippen molar-refractivity contribution in [1.29, 1.82) is 0 Å². The topological polar surface area (TPSA) is 55.8 Å². The standard InChI is InChI=1S/C13H26O4Si/c1-8(2)18(9(3)4,10(5)6)17-11-7-16-13(15)12(11)14/h8-12,14H,7H2,1-6H3/t11-,12+/m0/s1. The fourth-order valence-corrected chi connectivity index (χ4v) is 8.80. The normalized spacial score (nSPS) is 25.3. The molecule has 0 spiro atoms.